The van der Waals surface area contributed by atoms with Crippen molar-refractivity contribution in [3.05, 3.63) is 65.2 Å². The molecular formula is C26H34N4O4. The molecule has 8 heteroatoms. The molecule has 1 unspecified atom stereocenters. The number of urea groups is 1. The van der Waals surface area contributed by atoms with E-state index >= 15 is 0 Å². The van der Waals surface area contributed by atoms with Gasteiger partial charge in [-0.25, -0.2) is 4.79 Å². The van der Waals surface area contributed by atoms with E-state index in [9.17, 15) is 14.4 Å². The van der Waals surface area contributed by atoms with Crippen molar-refractivity contribution in [2.75, 3.05) is 38.7 Å². The first-order chi connectivity index (χ1) is 16.4. The lowest BCUT2D eigenvalue weighted by atomic mass is 9.88. The van der Waals surface area contributed by atoms with Crippen LogP contribution in [0.25, 0.3) is 0 Å². The second kappa shape index (κ2) is 12.2. The summed E-state index contributed by atoms with van der Waals surface area (Å²) in [5, 5.41) is 8.72. The van der Waals surface area contributed by atoms with Gasteiger partial charge in [-0.15, -0.1) is 0 Å². The number of likely N-dealkylation sites (tertiary alicyclic amines) is 1. The zero-order valence-corrected chi connectivity index (χ0v) is 20.1. The summed E-state index contributed by atoms with van der Waals surface area (Å²) in [6, 6.07) is 14.1. The molecule has 182 valence electrons. The van der Waals surface area contributed by atoms with Crippen LogP contribution in [0.2, 0.25) is 0 Å². The van der Waals surface area contributed by atoms with Crippen LogP contribution < -0.4 is 16.0 Å². The number of anilines is 1. The summed E-state index contributed by atoms with van der Waals surface area (Å²) in [5.41, 5.74) is 3.27. The summed E-state index contributed by atoms with van der Waals surface area (Å²) in [7, 11) is 1.57. The molecule has 2 aromatic rings. The van der Waals surface area contributed by atoms with Gasteiger partial charge in [0.05, 0.1) is 6.61 Å². The molecule has 0 bridgehead atoms. The molecule has 1 aliphatic rings. The van der Waals surface area contributed by atoms with Crippen LogP contribution in [-0.4, -0.2) is 62.1 Å². The number of carbonyl (C=O) groups is 3. The van der Waals surface area contributed by atoms with E-state index in [1.807, 2.05) is 50.2 Å². The molecule has 1 heterocycles. The van der Waals surface area contributed by atoms with Gasteiger partial charge >= 0.3 is 6.03 Å². The first-order valence-corrected chi connectivity index (χ1v) is 11.6. The van der Waals surface area contributed by atoms with Crippen LogP contribution in [0.1, 0.15) is 34.3 Å². The van der Waals surface area contributed by atoms with E-state index < -0.39 is 6.04 Å². The van der Waals surface area contributed by atoms with Crippen molar-refractivity contribution >= 4 is 23.5 Å². The molecular weight excluding hydrogens is 432 g/mol. The molecule has 4 amide bonds. The predicted octanol–water partition coefficient (Wildman–Crippen LogP) is 3.11. The second-order valence-corrected chi connectivity index (χ2v) is 8.67. The molecule has 2 aromatic carbocycles. The Kier molecular flexibility index (Phi) is 9.04. The van der Waals surface area contributed by atoms with E-state index in [-0.39, 0.29) is 23.8 Å². The Morgan fingerprint density at radius 3 is 2.35 bits per heavy atom. The van der Waals surface area contributed by atoms with Gasteiger partial charge in [0.15, 0.2) is 0 Å². The van der Waals surface area contributed by atoms with Crippen LogP contribution in [0.4, 0.5) is 10.5 Å². The van der Waals surface area contributed by atoms with Gasteiger partial charge < -0.3 is 25.6 Å². The lowest BCUT2D eigenvalue weighted by Gasteiger charge is -2.35. The van der Waals surface area contributed by atoms with Crippen molar-refractivity contribution in [1.82, 2.24) is 15.5 Å². The number of amides is 4. The topological polar surface area (TPSA) is 99.8 Å². The van der Waals surface area contributed by atoms with Crippen molar-refractivity contribution in [2.45, 2.75) is 32.7 Å². The quantitative estimate of drug-likeness (QED) is 0.521. The molecule has 0 aliphatic carbocycles. The van der Waals surface area contributed by atoms with E-state index in [0.29, 0.717) is 44.6 Å². The van der Waals surface area contributed by atoms with Gasteiger partial charge in [-0.2, -0.15) is 0 Å². The third-order valence-electron chi connectivity index (χ3n) is 6.17. The Bertz CT molecular complexity index is 985. The Morgan fingerprint density at radius 2 is 1.71 bits per heavy atom. The Balaban J connectivity index is 1.63. The fourth-order valence-corrected chi connectivity index (χ4v) is 4.11. The minimum atomic E-state index is -0.689. The van der Waals surface area contributed by atoms with Crippen molar-refractivity contribution in [3.8, 4) is 0 Å². The zero-order chi connectivity index (χ0) is 24.5. The monoisotopic (exact) mass is 466 g/mol. The van der Waals surface area contributed by atoms with Gasteiger partial charge in [-0.05, 0) is 56.4 Å². The molecule has 0 aromatic heterocycles. The number of piperidine rings is 1. The van der Waals surface area contributed by atoms with Crippen molar-refractivity contribution in [3.63, 3.8) is 0 Å². The first kappa shape index (κ1) is 25.2. The van der Waals surface area contributed by atoms with Crippen LogP contribution in [0.3, 0.4) is 0 Å². The second-order valence-electron chi connectivity index (χ2n) is 8.67. The van der Waals surface area contributed by atoms with E-state index in [0.717, 1.165) is 16.8 Å². The minimum Gasteiger partial charge on any atom is -0.383 e. The third kappa shape index (κ3) is 6.81. The summed E-state index contributed by atoms with van der Waals surface area (Å²) in [4.78, 5) is 40.4. The average molecular weight is 467 g/mol. The van der Waals surface area contributed by atoms with E-state index in [2.05, 4.69) is 16.0 Å². The number of rotatable bonds is 8. The van der Waals surface area contributed by atoms with Crippen LogP contribution in [0.5, 0.6) is 0 Å². The molecule has 1 aliphatic heterocycles. The lowest BCUT2D eigenvalue weighted by Crippen LogP contribution is -2.54. The number of hydrogen-bond donors (Lipinski definition) is 3. The largest absolute Gasteiger partial charge is 0.383 e. The van der Waals surface area contributed by atoms with Gasteiger partial charge in [-0.3, -0.25) is 9.59 Å². The summed E-state index contributed by atoms with van der Waals surface area (Å²) in [5.74, 6) is -0.593. The maximum atomic E-state index is 13.0. The van der Waals surface area contributed by atoms with E-state index in [1.54, 1.807) is 24.1 Å². The number of benzene rings is 2. The van der Waals surface area contributed by atoms with Gasteiger partial charge in [0.25, 0.3) is 5.91 Å². The lowest BCUT2D eigenvalue weighted by molar-refractivity contribution is -0.124. The first-order valence-electron chi connectivity index (χ1n) is 11.6. The molecule has 1 saturated heterocycles. The number of methoxy groups -OCH3 is 1. The molecule has 3 rings (SSSR count). The number of carbonyl (C=O) groups excluding carboxylic acids is 3. The number of aryl methyl sites for hydroxylation is 2. The highest BCUT2D eigenvalue weighted by molar-refractivity contribution is 5.98. The Hall–Kier alpha value is -3.39. The number of nitrogens with one attached hydrogen (secondary N) is 3. The zero-order valence-electron chi connectivity index (χ0n) is 20.1. The van der Waals surface area contributed by atoms with Crippen molar-refractivity contribution in [2.24, 2.45) is 5.92 Å². The van der Waals surface area contributed by atoms with E-state index in [1.165, 1.54) is 0 Å². The SMILES string of the molecule is COCCNC(=O)C(NC(=O)c1ccccc1C)C1CCN(C(=O)Nc2ccc(C)cc2)CC1. The van der Waals surface area contributed by atoms with Gasteiger partial charge in [0.1, 0.15) is 6.04 Å². The highest BCUT2D eigenvalue weighted by Crippen LogP contribution is 2.23. The summed E-state index contributed by atoms with van der Waals surface area (Å²) < 4.78 is 5.03. The maximum absolute atomic E-state index is 13.0. The van der Waals surface area contributed by atoms with Gasteiger partial charge in [0, 0.05) is 38.0 Å². The van der Waals surface area contributed by atoms with Crippen LogP contribution in [-0.2, 0) is 9.53 Å². The molecule has 0 spiro atoms. The molecule has 3 N–H and O–H groups in total. The smallest absolute Gasteiger partial charge is 0.321 e. The average Bonchev–Trinajstić information content (AvgIpc) is 2.84. The number of ether oxygens (including phenoxy) is 1. The van der Waals surface area contributed by atoms with Crippen LogP contribution >= 0.6 is 0 Å². The predicted molar refractivity (Wildman–Crippen MR) is 132 cm³/mol. The van der Waals surface area contributed by atoms with Gasteiger partial charge in [0.2, 0.25) is 5.91 Å². The molecule has 34 heavy (non-hydrogen) atoms. The summed E-state index contributed by atoms with van der Waals surface area (Å²) in [6.07, 6.45) is 1.22. The highest BCUT2D eigenvalue weighted by Gasteiger charge is 2.34. The number of nitrogens with zero attached hydrogens (tertiary/aromatic N) is 1. The van der Waals surface area contributed by atoms with Crippen molar-refractivity contribution in [1.29, 1.82) is 0 Å². The fourth-order valence-electron chi connectivity index (χ4n) is 4.11. The molecule has 1 atom stereocenters. The summed E-state index contributed by atoms with van der Waals surface area (Å²) in [6.45, 7) is 5.63. The maximum Gasteiger partial charge on any atom is 0.321 e. The highest BCUT2D eigenvalue weighted by atomic mass is 16.5. The summed E-state index contributed by atoms with van der Waals surface area (Å²) >= 11 is 0. The molecule has 8 nitrogen and oxygen atoms in total. The van der Waals surface area contributed by atoms with E-state index in [4.69, 9.17) is 4.74 Å². The minimum absolute atomic E-state index is 0.0843. The van der Waals surface area contributed by atoms with Crippen LogP contribution in [0.15, 0.2) is 48.5 Å². The third-order valence-corrected chi connectivity index (χ3v) is 6.17. The van der Waals surface area contributed by atoms with Crippen LogP contribution in [0, 0.1) is 19.8 Å². The van der Waals surface area contributed by atoms with Gasteiger partial charge in [-0.1, -0.05) is 35.9 Å². The van der Waals surface area contributed by atoms with Crippen molar-refractivity contribution < 1.29 is 19.1 Å². The standard InChI is InChI=1S/C26H34N4O4/c1-18-8-10-21(11-9-18)28-26(33)30-15-12-20(13-16-30)23(25(32)27-14-17-34-3)29-24(31)22-7-5-4-6-19(22)2/h4-11,20,23H,12-17H2,1-3H3,(H,27,32)(H,28,33)(H,29,31). The molecule has 1 fully saturated rings. The molecule has 0 radical (unpaired) electrons. The normalized spacial score (nSPS) is 14.9. The molecule has 0 saturated carbocycles. The Morgan fingerprint density at radius 1 is 1.03 bits per heavy atom. The Labute approximate surface area is 201 Å². The number of hydrogen-bond acceptors (Lipinski definition) is 4. The fraction of sp³-hybridized carbons (Fsp3) is 0.423.